The van der Waals surface area contributed by atoms with E-state index in [1.807, 2.05) is 259 Å². The third-order valence-electron chi connectivity index (χ3n) is 20.6. The van der Waals surface area contributed by atoms with Gasteiger partial charge in [0.1, 0.15) is 11.3 Å². The zero-order chi connectivity index (χ0) is 93.3. The summed E-state index contributed by atoms with van der Waals surface area (Å²) >= 11 is 5.20. The molecular weight excluding hydrogens is 2500 g/mol. The van der Waals surface area contributed by atoms with Crippen LogP contribution in [0.1, 0.15) is 45.2 Å². The molecule has 698 valence electrons. The molecular formula is C111H84Ir4N17O4S3-7. The summed E-state index contributed by atoms with van der Waals surface area (Å²) in [6.45, 7) is 9.77. The van der Waals surface area contributed by atoms with Gasteiger partial charge in [0.15, 0.2) is 11.5 Å². The number of hydrogen-bond acceptors (Lipinski definition) is 20. The van der Waals surface area contributed by atoms with Crippen molar-refractivity contribution in [3.05, 3.63) is 412 Å². The van der Waals surface area contributed by atoms with Crippen molar-refractivity contribution in [2.45, 2.75) is 41.0 Å². The molecule has 23 rings (SSSR count). The quantitative estimate of drug-likeness (QED) is 0.0515. The number of para-hydroxylation sites is 1. The first-order valence-electron chi connectivity index (χ1n) is 42.8. The van der Waals surface area contributed by atoms with E-state index >= 15 is 0 Å². The van der Waals surface area contributed by atoms with Crippen LogP contribution in [0.2, 0.25) is 0 Å². The van der Waals surface area contributed by atoms with Gasteiger partial charge in [-0.05, 0) is 173 Å². The number of allylic oxidation sites excluding steroid dienone is 1. The Balaban J connectivity index is 0.000000143. The summed E-state index contributed by atoms with van der Waals surface area (Å²) in [7, 11) is 3.25. The fraction of sp³-hybridized carbons (Fsp3) is 0.0811. The zero-order valence-electron chi connectivity index (χ0n) is 75.7. The van der Waals surface area contributed by atoms with E-state index in [1.165, 1.54) is 46.0 Å². The molecule has 14 heterocycles. The van der Waals surface area contributed by atoms with Crippen molar-refractivity contribution in [1.82, 2.24) is 70.2 Å². The van der Waals surface area contributed by atoms with Gasteiger partial charge in [-0.1, -0.05) is 201 Å². The van der Waals surface area contributed by atoms with Crippen LogP contribution >= 0.6 is 34.0 Å². The molecule has 0 spiro atoms. The molecule has 22 aromatic rings. The number of aryl methyl sites for hydroxylation is 1. The third-order valence-corrected chi connectivity index (χ3v) is 23.8. The van der Waals surface area contributed by atoms with Crippen LogP contribution in [0, 0.1) is 47.9 Å². The van der Waals surface area contributed by atoms with Crippen LogP contribution in [0.5, 0.6) is 11.5 Å². The number of nitrogens with zero attached hydrogens (tertiary/aromatic N) is 17. The molecule has 1 N–H and O–H groups in total. The molecule has 0 saturated carbocycles. The number of fused-ring (bicyclic) bond motifs is 9. The molecule has 28 heteroatoms. The average Bonchev–Trinajstić information content (AvgIpc) is 1.04. The summed E-state index contributed by atoms with van der Waals surface area (Å²) in [6.07, 6.45) is 17.9. The number of pyridine rings is 6. The third kappa shape index (κ3) is 26.7. The van der Waals surface area contributed by atoms with Crippen molar-refractivity contribution in [1.29, 1.82) is 5.26 Å². The van der Waals surface area contributed by atoms with Gasteiger partial charge in [-0.15, -0.1) is 100 Å². The van der Waals surface area contributed by atoms with E-state index in [0.717, 1.165) is 116 Å². The van der Waals surface area contributed by atoms with Crippen molar-refractivity contribution in [3.63, 3.8) is 0 Å². The monoisotopic (exact) mass is 2590 g/mol. The van der Waals surface area contributed by atoms with Gasteiger partial charge in [-0.25, -0.2) is 34.0 Å². The number of nitriles is 1. The van der Waals surface area contributed by atoms with Crippen molar-refractivity contribution in [3.8, 4) is 106 Å². The molecule has 0 unspecified atom stereocenters. The summed E-state index contributed by atoms with van der Waals surface area (Å²) in [5.74, 6) is 1.94. The number of anilines is 1. The van der Waals surface area contributed by atoms with Crippen LogP contribution < -0.4 is 29.7 Å². The predicted octanol–water partition coefficient (Wildman–Crippen LogP) is 25.5. The second-order valence-corrected chi connectivity index (χ2v) is 34.4. The topological polar surface area (TPSA) is 279 Å². The largest absolute Gasteiger partial charge is 0.573 e. The maximum absolute atomic E-state index is 12.4. The Hall–Kier alpha value is -14.4. The number of benzene rings is 9. The average molecular weight is 2590 g/mol. The second kappa shape index (κ2) is 50.6. The minimum Gasteiger partial charge on any atom is -0.573 e. The van der Waals surface area contributed by atoms with Crippen molar-refractivity contribution in [2.75, 3.05) is 19.2 Å². The molecule has 0 aliphatic carbocycles. The van der Waals surface area contributed by atoms with Crippen molar-refractivity contribution >= 4 is 114 Å². The maximum atomic E-state index is 12.4. The summed E-state index contributed by atoms with van der Waals surface area (Å²) in [5.41, 5.74) is 15.3. The molecule has 139 heavy (non-hydrogen) atoms. The molecule has 0 fully saturated rings. The van der Waals surface area contributed by atoms with Gasteiger partial charge in [0.05, 0.1) is 48.5 Å². The number of thiophene rings is 3. The molecule has 1 amide bonds. The Morgan fingerprint density at radius 3 is 1.32 bits per heavy atom. The first-order chi connectivity index (χ1) is 66.1. The van der Waals surface area contributed by atoms with Gasteiger partial charge in [0.2, 0.25) is 0 Å². The van der Waals surface area contributed by atoms with Crippen molar-refractivity contribution < 1.29 is 99.8 Å². The van der Waals surface area contributed by atoms with E-state index in [-0.39, 0.29) is 97.5 Å². The molecule has 0 atom stereocenters. The Labute approximate surface area is 870 Å². The molecule has 1 aliphatic rings. The van der Waals surface area contributed by atoms with Crippen LogP contribution in [-0.2, 0) is 85.2 Å². The molecule has 13 aromatic heterocycles. The van der Waals surface area contributed by atoms with Crippen LogP contribution in [0.4, 0.5) is 5.69 Å². The summed E-state index contributed by atoms with van der Waals surface area (Å²) in [5, 5.41) is 49.4. The number of amides is 1. The number of aliphatic hydroxyl groups excluding tert-OH is 1. The fourth-order valence-corrected chi connectivity index (χ4v) is 17.2. The number of imidazole rings is 1. The van der Waals surface area contributed by atoms with Gasteiger partial charge in [-0.3, -0.25) is 24.7 Å². The molecule has 21 nitrogen and oxygen atoms in total. The van der Waals surface area contributed by atoms with E-state index in [0.29, 0.717) is 40.5 Å². The fourth-order valence-electron chi connectivity index (χ4n) is 14.3. The number of hydrazone groups is 1. The second-order valence-electron chi connectivity index (χ2n) is 31.2. The van der Waals surface area contributed by atoms with E-state index in [9.17, 15) is 9.90 Å². The van der Waals surface area contributed by atoms with Gasteiger partial charge in [0.25, 0.3) is 5.91 Å². The van der Waals surface area contributed by atoms with Gasteiger partial charge in [-0.2, -0.15) is 15.4 Å². The van der Waals surface area contributed by atoms with Gasteiger partial charge < -0.3 is 64.9 Å². The smallest absolute Gasteiger partial charge is 0.284 e. The zero-order valence-corrected chi connectivity index (χ0v) is 87.7. The summed E-state index contributed by atoms with van der Waals surface area (Å²) < 4.78 is 14.5. The predicted molar refractivity (Wildman–Crippen MR) is 542 cm³/mol. The number of aromatic nitrogens is 14. The number of ether oxygens (including phenoxy) is 2. The Morgan fingerprint density at radius 2 is 0.878 bits per heavy atom. The van der Waals surface area contributed by atoms with Crippen LogP contribution in [0.15, 0.2) is 382 Å². The molecule has 4 radical (unpaired) electrons. The van der Waals surface area contributed by atoms with E-state index in [1.54, 1.807) is 111 Å². The SMILES string of the molecule is CC1=NN(c2ccccc2)C(=O)C1=C(O)CC(C)(C)C.COc1cc(-c2cc(-c3ccccn3)[n-]n2)cc(C)c1OC.N#Cc1ccc(-c2cc(-c3ccccn3)[n-]n2)cc1.[Ir].[Ir].[Ir].[Ir].[c-]1c(-c2ccccn2)sc2ccccc12.[c-]1c(-c2ccccn2)sc2ccccc12.[c-]1c(-c2ccccn2)sc2ccccc12.[c-]1cccc2c1c1nccnc1c1ccccc21.c1ccc(-c2ncc[n-]2)nc1. The first-order valence-corrected chi connectivity index (χ1v) is 45.2. The summed E-state index contributed by atoms with van der Waals surface area (Å²) in [6, 6.07) is 114. The van der Waals surface area contributed by atoms with Crippen LogP contribution in [0.25, 0.3) is 151 Å². The van der Waals surface area contributed by atoms with E-state index in [2.05, 4.69) is 185 Å². The first kappa shape index (κ1) is 104. The number of methoxy groups -OCH3 is 2. The minimum absolute atomic E-state index is 0. The van der Waals surface area contributed by atoms with Crippen LogP contribution in [-0.4, -0.2) is 86.0 Å². The normalized spacial score (nSPS) is 11.4. The molecule has 0 saturated heterocycles. The number of aliphatic hydroxyl groups is 1. The van der Waals surface area contributed by atoms with E-state index in [4.69, 9.17) is 14.7 Å². The van der Waals surface area contributed by atoms with Crippen LogP contribution in [0.3, 0.4) is 0 Å². The van der Waals surface area contributed by atoms with Crippen molar-refractivity contribution in [2.24, 2.45) is 10.5 Å². The van der Waals surface area contributed by atoms with Gasteiger partial charge in [0, 0.05) is 187 Å². The molecule has 1 aliphatic heterocycles. The number of carbonyl (C=O) groups is 1. The maximum Gasteiger partial charge on any atom is 0.284 e. The number of rotatable bonds is 12. The van der Waals surface area contributed by atoms with E-state index < -0.39 is 0 Å². The van der Waals surface area contributed by atoms with Gasteiger partial charge >= 0.3 is 0 Å². The molecule has 0 bridgehead atoms. The summed E-state index contributed by atoms with van der Waals surface area (Å²) in [4.78, 5) is 58.3. The number of hydrogen-bond donors (Lipinski definition) is 1. The Morgan fingerprint density at radius 1 is 0.439 bits per heavy atom. The minimum atomic E-state index is -0.268. The Kier molecular flexibility index (Phi) is 37.7. The molecule has 9 aromatic carbocycles. The Bertz CT molecular complexity index is 7230. The standard InChI is InChI=1S/C17H16N3O2.C16H20N2O2.C16H9N2.C15H9N4.3C13H8NS.C8H6N3.4Ir/c1-11-8-12(9-16(21-2)17(11)22-3)14-10-15(20-19-14)13-6-4-5-7-18-13;1-11-14(13(19)10-16(2,3)4)15(20)18(17-11)12-8-6-5-7-9-12;1-3-7-13-11(5-1)12-6-2-4-8-14(12)16-15(13)17-9-10-18-16;16-10-11-4-6-12(7-5-11)14-9-15(19-18-14)13-3-1-2-8-17-13;3*1-2-7-12-10(5-1)9-13(15-12)11-6-3-4-8-14-11;1-2-4-9-7(3-1)8-10-5-6-11-8;;;;/h4-10H,1-3H3;5-9,19H,10H2,1-4H3;1-7,9-10H;1-9H;3*1-8H;1-6H;;;;/q-1;;6*-1;;;;. The number of carbonyl (C=O) groups excluding carboxylic acids is 1.